The van der Waals surface area contributed by atoms with Gasteiger partial charge in [0.1, 0.15) is 11.9 Å². The summed E-state index contributed by atoms with van der Waals surface area (Å²) in [4.78, 5) is 29.8. The summed E-state index contributed by atoms with van der Waals surface area (Å²) >= 11 is 6.17. The number of hydrogen-bond acceptors (Lipinski definition) is 3. The van der Waals surface area contributed by atoms with Gasteiger partial charge in [-0.25, -0.2) is 4.79 Å². The average Bonchev–Trinajstić information content (AvgIpc) is 2.76. The number of ether oxygens (including phenoxy) is 1. The highest BCUT2D eigenvalue weighted by Crippen LogP contribution is 2.37. The normalized spacial score (nSPS) is 29.2. The van der Waals surface area contributed by atoms with Gasteiger partial charge in [0, 0.05) is 30.1 Å². The molecule has 0 radical (unpaired) electrons. The minimum absolute atomic E-state index is 0.0150. The molecule has 1 aromatic carbocycles. The lowest BCUT2D eigenvalue weighted by Crippen LogP contribution is -2.53. The van der Waals surface area contributed by atoms with Gasteiger partial charge in [-0.2, -0.15) is 0 Å². The number of amides is 3. The third-order valence-corrected chi connectivity index (χ3v) is 7.62. The number of hydrogen-bond donors (Lipinski definition) is 1. The third-order valence-electron chi connectivity index (χ3n) is 7.38. The first-order valence-corrected chi connectivity index (χ1v) is 12.0. The third kappa shape index (κ3) is 4.79. The lowest BCUT2D eigenvalue weighted by molar-refractivity contribution is -0.127. The average molecular weight is 448 g/mol. The minimum atomic E-state index is -0.0826. The second-order valence-corrected chi connectivity index (χ2v) is 10.0. The van der Waals surface area contributed by atoms with E-state index in [4.69, 9.17) is 16.3 Å². The fourth-order valence-electron chi connectivity index (χ4n) is 5.18. The molecule has 1 saturated heterocycles. The maximum Gasteiger partial charge on any atom is 0.324 e. The van der Waals surface area contributed by atoms with E-state index in [1.807, 2.05) is 17.9 Å². The molecule has 1 aliphatic carbocycles. The highest BCUT2D eigenvalue weighted by atomic mass is 35.5. The molecular formula is C24H34ClN3O3. The Morgan fingerprint density at radius 2 is 1.84 bits per heavy atom. The molecule has 2 heterocycles. The number of carbonyl (C=O) groups excluding carboxylic acids is 2. The van der Waals surface area contributed by atoms with Gasteiger partial charge in [-0.15, -0.1) is 0 Å². The number of carbonyl (C=O) groups is 2. The smallest absolute Gasteiger partial charge is 0.324 e. The molecule has 170 valence electrons. The van der Waals surface area contributed by atoms with Crippen LogP contribution in [0, 0.1) is 17.8 Å². The molecule has 1 N–H and O–H groups in total. The molecule has 0 aromatic heterocycles. The van der Waals surface area contributed by atoms with E-state index < -0.39 is 0 Å². The Morgan fingerprint density at radius 1 is 1.10 bits per heavy atom. The van der Waals surface area contributed by atoms with Crippen LogP contribution in [0.2, 0.25) is 5.02 Å². The maximum absolute atomic E-state index is 13.3. The van der Waals surface area contributed by atoms with Gasteiger partial charge in [-0.3, -0.25) is 9.69 Å². The van der Waals surface area contributed by atoms with Crippen molar-refractivity contribution in [3.05, 3.63) is 23.2 Å². The maximum atomic E-state index is 13.3. The van der Waals surface area contributed by atoms with E-state index in [2.05, 4.69) is 19.2 Å². The summed E-state index contributed by atoms with van der Waals surface area (Å²) in [5.41, 5.74) is 0.718. The van der Waals surface area contributed by atoms with Crippen molar-refractivity contribution in [3.63, 3.8) is 0 Å². The summed E-state index contributed by atoms with van der Waals surface area (Å²) in [5, 5.41) is 3.90. The van der Waals surface area contributed by atoms with Crippen LogP contribution in [0.5, 0.6) is 5.75 Å². The highest BCUT2D eigenvalue weighted by Gasteiger charge is 2.35. The van der Waals surface area contributed by atoms with Gasteiger partial charge in [0.15, 0.2) is 0 Å². The molecule has 3 amide bonds. The molecule has 0 bridgehead atoms. The number of nitrogens with one attached hydrogen (secondary N) is 1. The topological polar surface area (TPSA) is 61.9 Å². The van der Waals surface area contributed by atoms with Crippen LogP contribution >= 0.6 is 11.6 Å². The Bertz CT molecular complexity index is 824. The molecule has 4 rings (SSSR count). The molecule has 1 aromatic rings. The van der Waals surface area contributed by atoms with Crippen molar-refractivity contribution in [2.45, 2.75) is 65.0 Å². The zero-order valence-electron chi connectivity index (χ0n) is 18.8. The Kier molecular flexibility index (Phi) is 6.65. The van der Waals surface area contributed by atoms with Crippen molar-refractivity contribution in [2.24, 2.45) is 17.8 Å². The quantitative estimate of drug-likeness (QED) is 0.714. The molecule has 4 atom stereocenters. The minimum Gasteiger partial charge on any atom is -0.487 e. The second kappa shape index (κ2) is 9.27. The zero-order chi connectivity index (χ0) is 22.1. The molecular weight excluding hydrogens is 414 g/mol. The van der Waals surface area contributed by atoms with Crippen molar-refractivity contribution in [3.8, 4) is 5.75 Å². The number of benzene rings is 1. The summed E-state index contributed by atoms with van der Waals surface area (Å²) in [6, 6.07) is 5.63. The highest BCUT2D eigenvalue weighted by molar-refractivity contribution is 6.31. The Hall–Kier alpha value is -1.95. The van der Waals surface area contributed by atoms with Gasteiger partial charge < -0.3 is 15.0 Å². The van der Waals surface area contributed by atoms with Gasteiger partial charge in [-0.1, -0.05) is 38.3 Å². The molecule has 6 nitrogen and oxygen atoms in total. The van der Waals surface area contributed by atoms with Gasteiger partial charge >= 0.3 is 6.03 Å². The zero-order valence-corrected chi connectivity index (χ0v) is 19.5. The van der Waals surface area contributed by atoms with Crippen molar-refractivity contribution in [1.29, 1.82) is 0 Å². The van der Waals surface area contributed by atoms with Crippen LogP contribution in [0.15, 0.2) is 18.2 Å². The van der Waals surface area contributed by atoms with Crippen LogP contribution in [0.3, 0.4) is 0 Å². The van der Waals surface area contributed by atoms with Crippen molar-refractivity contribution >= 4 is 29.2 Å². The summed E-state index contributed by atoms with van der Waals surface area (Å²) in [6.45, 7) is 8.17. The monoisotopic (exact) mass is 447 g/mol. The van der Waals surface area contributed by atoms with E-state index in [1.54, 1.807) is 17.0 Å². The number of rotatable bonds is 2. The summed E-state index contributed by atoms with van der Waals surface area (Å²) in [5.74, 6) is 2.01. The molecule has 2 fully saturated rings. The van der Waals surface area contributed by atoms with Gasteiger partial charge in [-0.05, 0) is 56.2 Å². The summed E-state index contributed by atoms with van der Waals surface area (Å²) in [6.07, 6.45) is 4.84. The van der Waals surface area contributed by atoms with Crippen molar-refractivity contribution in [1.82, 2.24) is 10.2 Å². The molecule has 31 heavy (non-hydrogen) atoms. The molecule has 3 aliphatic rings. The lowest BCUT2D eigenvalue weighted by atomic mass is 9.78. The summed E-state index contributed by atoms with van der Waals surface area (Å²) in [7, 11) is 0. The molecule has 2 aliphatic heterocycles. The van der Waals surface area contributed by atoms with E-state index >= 15 is 0 Å². The van der Waals surface area contributed by atoms with E-state index in [9.17, 15) is 9.59 Å². The number of nitrogens with zero attached hydrogens (tertiary/aromatic N) is 2. The van der Waals surface area contributed by atoms with Gasteiger partial charge in [0.2, 0.25) is 5.91 Å². The molecule has 0 spiro atoms. The first-order chi connectivity index (χ1) is 14.8. The van der Waals surface area contributed by atoms with Crippen LogP contribution < -0.4 is 15.0 Å². The van der Waals surface area contributed by atoms with Crippen molar-refractivity contribution < 1.29 is 14.3 Å². The van der Waals surface area contributed by atoms with Crippen LogP contribution in [0.4, 0.5) is 10.5 Å². The molecule has 1 saturated carbocycles. The van der Waals surface area contributed by atoms with E-state index in [-0.39, 0.29) is 30.0 Å². The summed E-state index contributed by atoms with van der Waals surface area (Å²) < 4.78 is 5.87. The standard InChI is InChI=1S/C24H34ClN3O3/c1-15-5-4-6-20(17(15)3)26-23(29)18-9-11-27(12-10-18)24(30)28-14-16(2)31-22-8-7-19(25)13-21(22)28/h7-8,13,15-18,20H,4-6,9-12,14H2,1-3H3,(H,26,29)/t15-,16+,17-,20+/m0/s1. The number of anilines is 1. The fraction of sp³-hybridized carbons (Fsp3) is 0.667. The van der Waals surface area contributed by atoms with E-state index in [1.165, 1.54) is 12.8 Å². The first kappa shape index (κ1) is 22.3. The fourth-order valence-corrected chi connectivity index (χ4v) is 5.35. The van der Waals surface area contributed by atoms with Crippen molar-refractivity contribution in [2.75, 3.05) is 24.5 Å². The lowest BCUT2D eigenvalue weighted by Gasteiger charge is -2.40. The Labute approximate surface area is 190 Å². The molecule has 0 unspecified atom stereocenters. The van der Waals surface area contributed by atoms with Crippen LogP contribution in [-0.4, -0.2) is 48.6 Å². The predicted octanol–water partition coefficient (Wildman–Crippen LogP) is 4.70. The number of piperidine rings is 1. The van der Waals surface area contributed by atoms with E-state index in [0.29, 0.717) is 55.1 Å². The first-order valence-electron chi connectivity index (χ1n) is 11.7. The Balaban J connectivity index is 1.35. The second-order valence-electron chi connectivity index (χ2n) is 9.58. The van der Waals surface area contributed by atoms with Gasteiger partial charge in [0.25, 0.3) is 0 Å². The number of urea groups is 1. The van der Waals surface area contributed by atoms with Crippen LogP contribution in [0.25, 0.3) is 0 Å². The SMILES string of the molecule is C[C@H]1[C@@H](C)CCC[C@H]1NC(=O)C1CCN(C(=O)N2C[C@@H](C)Oc3ccc(Cl)cc32)CC1. The number of halogens is 1. The largest absolute Gasteiger partial charge is 0.487 e. The van der Waals surface area contributed by atoms with Crippen LogP contribution in [0.1, 0.15) is 52.9 Å². The number of likely N-dealkylation sites (tertiary alicyclic amines) is 1. The predicted molar refractivity (Wildman–Crippen MR) is 123 cm³/mol. The van der Waals surface area contributed by atoms with Gasteiger partial charge in [0.05, 0.1) is 12.2 Å². The van der Waals surface area contributed by atoms with E-state index in [0.717, 1.165) is 12.1 Å². The molecule has 7 heteroatoms. The Morgan fingerprint density at radius 3 is 2.58 bits per heavy atom. The van der Waals surface area contributed by atoms with Crippen LogP contribution in [-0.2, 0) is 4.79 Å². The number of fused-ring (bicyclic) bond motifs is 1.